The third-order valence-corrected chi connectivity index (χ3v) is 1.62. The Morgan fingerprint density at radius 2 is 2.50 bits per heavy atom. The monoisotopic (exact) mass is 139 g/mol. The normalized spacial score (nSPS) is 24.2. The standard InChI is InChI=1S/C8H13NO/c1-9-7-4-3-5-8(6-7)10-2/h3-4,6,8-9H,5H2,1-2H3. The molecule has 1 aliphatic rings. The highest BCUT2D eigenvalue weighted by atomic mass is 16.5. The number of methoxy groups -OCH3 is 1. The van der Waals surface area contributed by atoms with E-state index in [0.717, 1.165) is 12.1 Å². The molecule has 0 spiro atoms. The predicted molar refractivity (Wildman–Crippen MR) is 41.7 cm³/mol. The second-order valence-corrected chi connectivity index (χ2v) is 2.28. The maximum Gasteiger partial charge on any atom is 0.0809 e. The molecule has 0 amide bonds. The minimum Gasteiger partial charge on any atom is -0.388 e. The zero-order valence-corrected chi connectivity index (χ0v) is 6.42. The predicted octanol–water partition coefficient (Wildman–Crippen LogP) is 1.06. The van der Waals surface area contributed by atoms with Gasteiger partial charge in [0, 0.05) is 19.9 Å². The first kappa shape index (κ1) is 7.35. The first-order valence-electron chi connectivity index (χ1n) is 3.45. The molecule has 1 unspecified atom stereocenters. The van der Waals surface area contributed by atoms with Crippen molar-refractivity contribution in [2.24, 2.45) is 0 Å². The molecular formula is C8H13NO. The average Bonchev–Trinajstić information content (AvgIpc) is 2.05. The van der Waals surface area contributed by atoms with Crippen molar-refractivity contribution in [2.45, 2.75) is 12.5 Å². The lowest BCUT2D eigenvalue weighted by molar-refractivity contribution is 0.141. The molecule has 10 heavy (non-hydrogen) atoms. The maximum absolute atomic E-state index is 5.16. The van der Waals surface area contributed by atoms with Gasteiger partial charge in [0.1, 0.15) is 0 Å². The van der Waals surface area contributed by atoms with Crippen molar-refractivity contribution >= 4 is 0 Å². The fourth-order valence-corrected chi connectivity index (χ4v) is 0.984. The first-order chi connectivity index (χ1) is 4.86. The van der Waals surface area contributed by atoms with E-state index >= 15 is 0 Å². The smallest absolute Gasteiger partial charge is 0.0809 e. The molecule has 0 fully saturated rings. The molecule has 0 radical (unpaired) electrons. The number of likely N-dealkylation sites (N-methyl/N-ethyl adjacent to an activating group) is 1. The Morgan fingerprint density at radius 1 is 1.70 bits per heavy atom. The van der Waals surface area contributed by atoms with Crippen LogP contribution in [0.2, 0.25) is 0 Å². The van der Waals surface area contributed by atoms with Crippen LogP contribution in [0.25, 0.3) is 0 Å². The Labute approximate surface area is 61.6 Å². The lowest BCUT2D eigenvalue weighted by Crippen LogP contribution is -2.14. The van der Waals surface area contributed by atoms with Gasteiger partial charge in [0.15, 0.2) is 0 Å². The molecule has 1 atom stereocenters. The summed E-state index contributed by atoms with van der Waals surface area (Å²) in [6.45, 7) is 0. The number of hydrogen-bond donors (Lipinski definition) is 1. The molecule has 0 aliphatic heterocycles. The van der Waals surface area contributed by atoms with Gasteiger partial charge in [-0.1, -0.05) is 6.08 Å². The average molecular weight is 139 g/mol. The van der Waals surface area contributed by atoms with Crippen molar-refractivity contribution in [3.05, 3.63) is 23.9 Å². The van der Waals surface area contributed by atoms with Gasteiger partial charge in [-0.2, -0.15) is 0 Å². The quantitative estimate of drug-likeness (QED) is 0.617. The van der Waals surface area contributed by atoms with Gasteiger partial charge >= 0.3 is 0 Å². The third-order valence-electron chi connectivity index (χ3n) is 1.62. The van der Waals surface area contributed by atoms with Gasteiger partial charge in [0.25, 0.3) is 0 Å². The highest BCUT2D eigenvalue weighted by Gasteiger charge is 2.05. The summed E-state index contributed by atoms with van der Waals surface area (Å²) in [4.78, 5) is 0. The van der Waals surface area contributed by atoms with E-state index in [1.807, 2.05) is 7.05 Å². The van der Waals surface area contributed by atoms with Crippen LogP contribution in [0.1, 0.15) is 6.42 Å². The summed E-state index contributed by atoms with van der Waals surface area (Å²) in [6, 6.07) is 0. The number of allylic oxidation sites excluding steroid dienone is 1. The van der Waals surface area contributed by atoms with Crippen LogP contribution in [0.4, 0.5) is 0 Å². The fraction of sp³-hybridized carbons (Fsp3) is 0.500. The largest absolute Gasteiger partial charge is 0.388 e. The summed E-state index contributed by atoms with van der Waals surface area (Å²) in [5, 5.41) is 3.06. The summed E-state index contributed by atoms with van der Waals surface area (Å²) < 4.78 is 5.16. The molecule has 1 rings (SSSR count). The summed E-state index contributed by atoms with van der Waals surface area (Å²) in [6.07, 6.45) is 7.50. The lowest BCUT2D eigenvalue weighted by Gasteiger charge is -2.14. The Hall–Kier alpha value is -0.760. The molecule has 2 nitrogen and oxygen atoms in total. The zero-order chi connectivity index (χ0) is 7.40. The van der Waals surface area contributed by atoms with Crippen LogP contribution in [0.15, 0.2) is 23.9 Å². The minimum atomic E-state index is 0.257. The van der Waals surface area contributed by atoms with E-state index < -0.39 is 0 Å². The third kappa shape index (κ3) is 1.61. The molecule has 0 bridgehead atoms. The number of rotatable bonds is 2. The van der Waals surface area contributed by atoms with Gasteiger partial charge in [-0.25, -0.2) is 0 Å². The van der Waals surface area contributed by atoms with Crippen LogP contribution in [0.3, 0.4) is 0 Å². The van der Waals surface area contributed by atoms with Gasteiger partial charge in [-0.05, 0) is 18.6 Å². The Balaban J connectivity index is 2.56. The second kappa shape index (κ2) is 3.42. The minimum absolute atomic E-state index is 0.257. The van der Waals surface area contributed by atoms with E-state index in [1.54, 1.807) is 7.11 Å². The molecule has 2 heteroatoms. The molecule has 0 aromatic heterocycles. The van der Waals surface area contributed by atoms with Crippen molar-refractivity contribution in [2.75, 3.05) is 14.2 Å². The topological polar surface area (TPSA) is 21.3 Å². The molecular weight excluding hydrogens is 126 g/mol. The van der Waals surface area contributed by atoms with E-state index in [4.69, 9.17) is 4.74 Å². The van der Waals surface area contributed by atoms with Crippen LogP contribution >= 0.6 is 0 Å². The van der Waals surface area contributed by atoms with E-state index in [-0.39, 0.29) is 6.10 Å². The number of nitrogens with one attached hydrogen (secondary N) is 1. The summed E-state index contributed by atoms with van der Waals surface area (Å²) >= 11 is 0. The van der Waals surface area contributed by atoms with E-state index in [9.17, 15) is 0 Å². The van der Waals surface area contributed by atoms with Crippen LogP contribution in [-0.4, -0.2) is 20.3 Å². The van der Waals surface area contributed by atoms with Gasteiger partial charge in [0.2, 0.25) is 0 Å². The van der Waals surface area contributed by atoms with Crippen molar-refractivity contribution in [3.63, 3.8) is 0 Å². The summed E-state index contributed by atoms with van der Waals surface area (Å²) in [7, 11) is 3.64. The number of ether oxygens (including phenoxy) is 1. The molecule has 0 saturated carbocycles. The summed E-state index contributed by atoms with van der Waals surface area (Å²) in [5.41, 5.74) is 1.14. The molecule has 0 aromatic rings. The Bertz CT molecular complexity index is 161. The van der Waals surface area contributed by atoms with Crippen LogP contribution in [-0.2, 0) is 4.74 Å². The maximum atomic E-state index is 5.16. The van der Waals surface area contributed by atoms with Crippen molar-refractivity contribution in [1.29, 1.82) is 0 Å². The molecule has 0 heterocycles. The number of hydrogen-bond acceptors (Lipinski definition) is 2. The zero-order valence-electron chi connectivity index (χ0n) is 6.42. The van der Waals surface area contributed by atoms with Gasteiger partial charge < -0.3 is 10.1 Å². The highest BCUT2D eigenvalue weighted by Crippen LogP contribution is 2.09. The highest BCUT2D eigenvalue weighted by molar-refractivity contribution is 5.22. The van der Waals surface area contributed by atoms with E-state index in [1.165, 1.54) is 0 Å². The van der Waals surface area contributed by atoms with Crippen molar-refractivity contribution in [1.82, 2.24) is 5.32 Å². The molecule has 1 aliphatic carbocycles. The van der Waals surface area contributed by atoms with Crippen LogP contribution in [0.5, 0.6) is 0 Å². The van der Waals surface area contributed by atoms with Crippen molar-refractivity contribution < 1.29 is 4.74 Å². The van der Waals surface area contributed by atoms with Gasteiger partial charge in [-0.15, -0.1) is 0 Å². The molecule has 0 saturated heterocycles. The SMILES string of the molecule is CNC1=CC(OC)CC=C1. The summed E-state index contributed by atoms with van der Waals surface area (Å²) in [5.74, 6) is 0. The van der Waals surface area contributed by atoms with E-state index in [2.05, 4.69) is 23.5 Å². The second-order valence-electron chi connectivity index (χ2n) is 2.28. The Kier molecular flexibility index (Phi) is 2.51. The fourth-order valence-electron chi connectivity index (χ4n) is 0.984. The van der Waals surface area contributed by atoms with Crippen LogP contribution < -0.4 is 5.32 Å². The molecule has 0 aromatic carbocycles. The van der Waals surface area contributed by atoms with Gasteiger partial charge in [-0.3, -0.25) is 0 Å². The first-order valence-corrected chi connectivity index (χ1v) is 3.45. The van der Waals surface area contributed by atoms with Crippen LogP contribution in [0, 0.1) is 0 Å². The Morgan fingerprint density at radius 3 is 3.10 bits per heavy atom. The molecule has 56 valence electrons. The van der Waals surface area contributed by atoms with Gasteiger partial charge in [0.05, 0.1) is 6.10 Å². The van der Waals surface area contributed by atoms with E-state index in [0.29, 0.717) is 0 Å². The lowest BCUT2D eigenvalue weighted by atomic mass is 10.1. The van der Waals surface area contributed by atoms with Crippen molar-refractivity contribution in [3.8, 4) is 0 Å². The molecule has 1 N–H and O–H groups in total.